The number of hydrogen-bond donors (Lipinski definition) is 1. The van der Waals surface area contributed by atoms with Gasteiger partial charge in [-0.3, -0.25) is 0 Å². The summed E-state index contributed by atoms with van der Waals surface area (Å²) < 4.78 is 15.1. The van der Waals surface area contributed by atoms with Gasteiger partial charge in [-0.05, 0) is 29.9 Å². The second-order valence-corrected chi connectivity index (χ2v) is 4.72. The van der Waals surface area contributed by atoms with Crippen LogP contribution in [-0.2, 0) is 0 Å². The lowest BCUT2D eigenvalue weighted by atomic mass is 10.2. The summed E-state index contributed by atoms with van der Waals surface area (Å²) >= 11 is 5.16. The molecule has 0 bridgehead atoms. The number of hydrogen-bond acceptors (Lipinski definition) is 3. The Labute approximate surface area is 125 Å². The van der Waals surface area contributed by atoms with Crippen molar-refractivity contribution in [1.29, 1.82) is 0 Å². The fourth-order valence-electron chi connectivity index (χ4n) is 1.88. The van der Waals surface area contributed by atoms with Crippen molar-refractivity contribution in [2.24, 2.45) is 5.10 Å². The van der Waals surface area contributed by atoms with E-state index in [0.717, 1.165) is 5.56 Å². The Hall–Kier alpha value is -2.60. The predicted octanol–water partition coefficient (Wildman–Crippen LogP) is 3.63. The molecule has 0 spiro atoms. The van der Waals surface area contributed by atoms with E-state index < -0.39 is 0 Å². The minimum Gasteiger partial charge on any atom is -0.250 e. The van der Waals surface area contributed by atoms with Gasteiger partial charge in [0.2, 0.25) is 4.77 Å². The van der Waals surface area contributed by atoms with Crippen molar-refractivity contribution in [1.82, 2.24) is 14.9 Å². The molecule has 0 saturated heterocycles. The van der Waals surface area contributed by atoms with E-state index >= 15 is 0 Å². The molecule has 1 N–H and O–H groups in total. The molecule has 0 atom stereocenters. The normalized spacial score (nSPS) is 11.1. The van der Waals surface area contributed by atoms with Gasteiger partial charge in [0.1, 0.15) is 5.82 Å². The maximum Gasteiger partial charge on any atom is 0.216 e. The Morgan fingerprint density at radius 2 is 1.95 bits per heavy atom. The van der Waals surface area contributed by atoms with Crippen molar-refractivity contribution in [2.45, 2.75) is 0 Å². The number of halogens is 1. The zero-order valence-corrected chi connectivity index (χ0v) is 11.7. The van der Waals surface area contributed by atoms with Crippen LogP contribution in [0.3, 0.4) is 0 Å². The van der Waals surface area contributed by atoms with Gasteiger partial charge in [-0.1, -0.05) is 42.5 Å². The number of benzene rings is 2. The van der Waals surface area contributed by atoms with Crippen LogP contribution in [0.15, 0.2) is 59.7 Å². The summed E-state index contributed by atoms with van der Waals surface area (Å²) in [7, 11) is 0. The van der Waals surface area contributed by atoms with Crippen LogP contribution in [0.1, 0.15) is 5.56 Å². The molecule has 2 aromatic carbocycles. The molecule has 3 rings (SSSR count). The van der Waals surface area contributed by atoms with Gasteiger partial charge in [-0.2, -0.15) is 14.9 Å². The van der Waals surface area contributed by atoms with E-state index in [9.17, 15) is 4.39 Å². The van der Waals surface area contributed by atoms with E-state index in [-0.39, 0.29) is 5.82 Å². The van der Waals surface area contributed by atoms with E-state index in [2.05, 4.69) is 15.3 Å². The van der Waals surface area contributed by atoms with Gasteiger partial charge in [-0.15, -0.1) is 0 Å². The van der Waals surface area contributed by atoms with Crippen LogP contribution in [0.25, 0.3) is 11.4 Å². The minimum atomic E-state index is -0.333. The molecule has 6 heteroatoms. The number of aromatic nitrogens is 3. The summed E-state index contributed by atoms with van der Waals surface area (Å²) in [5, 5.41) is 11.1. The first-order valence-corrected chi connectivity index (χ1v) is 6.67. The maximum absolute atomic E-state index is 13.3. The fraction of sp³-hybridized carbons (Fsp3) is 0. The molecule has 3 aromatic rings. The standard InChI is InChI=1S/C15H11FN4S/c16-13-8-4-7-12(9-13)14-18-19-15(21)20(14)17-10-11-5-2-1-3-6-11/h1-10H,(H,19,21)/b17-10-. The average molecular weight is 298 g/mol. The first-order chi connectivity index (χ1) is 10.2. The lowest BCUT2D eigenvalue weighted by Crippen LogP contribution is -1.95. The number of nitrogens with zero attached hydrogens (tertiary/aromatic N) is 3. The van der Waals surface area contributed by atoms with Crippen molar-refractivity contribution in [2.75, 3.05) is 0 Å². The van der Waals surface area contributed by atoms with Gasteiger partial charge in [-0.25, -0.2) is 9.49 Å². The van der Waals surface area contributed by atoms with E-state index in [1.807, 2.05) is 30.3 Å². The van der Waals surface area contributed by atoms with Crippen LogP contribution in [0.4, 0.5) is 4.39 Å². The molecular weight excluding hydrogens is 287 g/mol. The summed E-state index contributed by atoms with van der Waals surface area (Å²) in [6.07, 6.45) is 1.67. The molecule has 21 heavy (non-hydrogen) atoms. The van der Waals surface area contributed by atoms with Crippen LogP contribution in [0, 0.1) is 10.6 Å². The van der Waals surface area contributed by atoms with Crippen molar-refractivity contribution in [3.05, 3.63) is 70.7 Å². The third-order valence-corrected chi connectivity index (χ3v) is 3.12. The molecule has 1 heterocycles. The summed E-state index contributed by atoms with van der Waals surface area (Å²) in [6.45, 7) is 0. The number of rotatable bonds is 3. The van der Waals surface area contributed by atoms with Crippen LogP contribution in [0.5, 0.6) is 0 Å². The quantitative estimate of drug-likeness (QED) is 0.593. The van der Waals surface area contributed by atoms with Gasteiger partial charge in [0, 0.05) is 5.56 Å². The average Bonchev–Trinajstić information content (AvgIpc) is 2.87. The number of aromatic amines is 1. The third-order valence-electron chi connectivity index (χ3n) is 2.86. The molecular formula is C15H11FN4S. The molecule has 0 amide bonds. The second kappa shape index (κ2) is 5.80. The molecule has 0 aliphatic rings. The van der Waals surface area contributed by atoms with Crippen LogP contribution < -0.4 is 0 Å². The Balaban J connectivity index is 2.02. The summed E-state index contributed by atoms with van der Waals surface area (Å²) in [6, 6.07) is 15.8. The van der Waals surface area contributed by atoms with Gasteiger partial charge < -0.3 is 0 Å². The highest BCUT2D eigenvalue weighted by molar-refractivity contribution is 7.71. The predicted molar refractivity (Wildman–Crippen MR) is 82.2 cm³/mol. The minimum absolute atomic E-state index is 0.333. The summed E-state index contributed by atoms with van der Waals surface area (Å²) in [4.78, 5) is 0. The third kappa shape index (κ3) is 2.95. The largest absolute Gasteiger partial charge is 0.250 e. The van der Waals surface area contributed by atoms with Crippen LogP contribution in [-0.4, -0.2) is 21.1 Å². The number of H-pyrrole nitrogens is 1. The molecule has 4 nitrogen and oxygen atoms in total. The molecule has 1 aromatic heterocycles. The SMILES string of the molecule is Fc1cccc(-c2n[nH]c(=S)n2/N=C\c2ccccc2)c1. The van der Waals surface area contributed by atoms with Crippen molar-refractivity contribution in [3.8, 4) is 11.4 Å². The topological polar surface area (TPSA) is 46.0 Å². The van der Waals surface area contributed by atoms with E-state index in [1.54, 1.807) is 18.3 Å². The fourth-order valence-corrected chi connectivity index (χ4v) is 2.06. The van der Waals surface area contributed by atoms with Crippen LogP contribution >= 0.6 is 12.2 Å². The molecule has 0 aliphatic heterocycles. The monoisotopic (exact) mass is 298 g/mol. The Kier molecular flexibility index (Phi) is 3.70. The first-order valence-electron chi connectivity index (χ1n) is 6.27. The Morgan fingerprint density at radius 1 is 1.14 bits per heavy atom. The van der Waals surface area contributed by atoms with Gasteiger partial charge in [0.25, 0.3) is 0 Å². The molecule has 0 aliphatic carbocycles. The summed E-state index contributed by atoms with van der Waals surface area (Å²) in [5.74, 6) is 0.131. The Morgan fingerprint density at radius 3 is 2.71 bits per heavy atom. The van der Waals surface area contributed by atoms with E-state index in [1.165, 1.54) is 16.8 Å². The second-order valence-electron chi connectivity index (χ2n) is 4.33. The lowest BCUT2D eigenvalue weighted by molar-refractivity contribution is 0.628. The van der Waals surface area contributed by atoms with Crippen molar-refractivity contribution < 1.29 is 4.39 Å². The smallest absolute Gasteiger partial charge is 0.216 e. The Bertz CT molecular complexity index is 836. The zero-order chi connectivity index (χ0) is 14.7. The van der Waals surface area contributed by atoms with Gasteiger partial charge in [0.15, 0.2) is 5.82 Å². The maximum atomic E-state index is 13.3. The van der Waals surface area contributed by atoms with E-state index in [4.69, 9.17) is 12.2 Å². The number of nitrogens with one attached hydrogen (secondary N) is 1. The zero-order valence-electron chi connectivity index (χ0n) is 10.9. The lowest BCUT2D eigenvalue weighted by Gasteiger charge is -2.01. The van der Waals surface area contributed by atoms with E-state index in [0.29, 0.717) is 16.2 Å². The molecule has 0 fully saturated rings. The molecule has 0 saturated carbocycles. The molecule has 104 valence electrons. The highest BCUT2D eigenvalue weighted by Gasteiger charge is 2.08. The first kappa shape index (κ1) is 13.4. The highest BCUT2D eigenvalue weighted by atomic mass is 32.1. The van der Waals surface area contributed by atoms with Crippen molar-refractivity contribution >= 4 is 18.4 Å². The highest BCUT2D eigenvalue weighted by Crippen LogP contribution is 2.18. The molecule has 0 unspecified atom stereocenters. The summed E-state index contributed by atoms with van der Waals surface area (Å²) in [5.41, 5.74) is 1.54. The van der Waals surface area contributed by atoms with Gasteiger partial charge in [0.05, 0.1) is 6.21 Å². The van der Waals surface area contributed by atoms with Crippen molar-refractivity contribution in [3.63, 3.8) is 0 Å². The van der Waals surface area contributed by atoms with Crippen LogP contribution in [0.2, 0.25) is 0 Å². The van der Waals surface area contributed by atoms with Gasteiger partial charge >= 0.3 is 0 Å². The molecule has 0 radical (unpaired) electrons.